The van der Waals surface area contributed by atoms with Crippen LogP contribution < -0.4 is 0 Å². The zero-order valence-electron chi connectivity index (χ0n) is 9.88. The number of hydrogen-bond acceptors (Lipinski definition) is 2. The molecule has 1 saturated carbocycles. The molecule has 2 heteroatoms. The van der Waals surface area contributed by atoms with E-state index in [0.717, 1.165) is 24.8 Å². The van der Waals surface area contributed by atoms with E-state index >= 15 is 0 Å². The van der Waals surface area contributed by atoms with Gasteiger partial charge in [0.2, 0.25) is 0 Å². The first-order valence-corrected chi connectivity index (χ1v) is 5.81. The predicted molar refractivity (Wildman–Crippen MR) is 58.1 cm³/mol. The van der Waals surface area contributed by atoms with Gasteiger partial charge in [0, 0.05) is 19.6 Å². The van der Waals surface area contributed by atoms with Crippen LogP contribution >= 0.6 is 0 Å². The Morgan fingerprint density at radius 1 is 1.36 bits per heavy atom. The van der Waals surface area contributed by atoms with E-state index in [1.54, 1.807) is 0 Å². The Bertz CT molecular complexity index is 220. The highest BCUT2D eigenvalue weighted by molar-refractivity contribution is 5.11. The van der Waals surface area contributed by atoms with Crippen molar-refractivity contribution in [2.24, 2.45) is 17.3 Å². The summed E-state index contributed by atoms with van der Waals surface area (Å²) in [6, 6.07) is 0. The highest BCUT2D eigenvalue weighted by atomic mass is 16.3. The second-order valence-corrected chi connectivity index (χ2v) is 6.08. The van der Waals surface area contributed by atoms with Crippen molar-refractivity contribution in [1.82, 2.24) is 4.90 Å². The number of β-amino-alcohol motifs (C(OH)–C–C–N with tert-alkyl or cyclic N) is 1. The summed E-state index contributed by atoms with van der Waals surface area (Å²) < 4.78 is 0. The van der Waals surface area contributed by atoms with Crippen LogP contribution in [0.2, 0.25) is 0 Å². The van der Waals surface area contributed by atoms with Crippen LogP contribution in [0.25, 0.3) is 0 Å². The van der Waals surface area contributed by atoms with Crippen molar-refractivity contribution in [2.45, 2.75) is 39.7 Å². The summed E-state index contributed by atoms with van der Waals surface area (Å²) in [4.78, 5) is 2.43. The minimum atomic E-state index is -0.485. The van der Waals surface area contributed by atoms with E-state index in [9.17, 15) is 5.11 Å². The zero-order chi connectivity index (χ0) is 10.6. The first-order chi connectivity index (χ1) is 6.37. The molecule has 0 bridgehead atoms. The van der Waals surface area contributed by atoms with Gasteiger partial charge in [-0.25, -0.2) is 0 Å². The Kier molecular flexibility index (Phi) is 2.20. The monoisotopic (exact) mass is 197 g/mol. The first kappa shape index (κ1) is 10.4. The molecule has 2 rings (SSSR count). The predicted octanol–water partition coefficient (Wildman–Crippen LogP) is 1.74. The van der Waals surface area contributed by atoms with Crippen molar-refractivity contribution in [3.05, 3.63) is 0 Å². The molecule has 1 saturated heterocycles. The summed E-state index contributed by atoms with van der Waals surface area (Å²) in [6.07, 6.45) is 0.849. The van der Waals surface area contributed by atoms with Crippen molar-refractivity contribution >= 4 is 0 Å². The molecule has 0 aromatic carbocycles. The fourth-order valence-electron chi connectivity index (χ4n) is 2.94. The third kappa shape index (κ3) is 1.59. The fraction of sp³-hybridized carbons (Fsp3) is 1.00. The number of fused-ring (bicyclic) bond motifs is 1. The first-order valence-electron chi connectivity index (χ1n) is 5.81. The van der Waals surface area contributed by atoms with Gasteiger partial charge >= 0.3 is 0 Å². The maximum Gasteiger partial charge on any atom is 0.0743 e. The fourth-order valence-corrected chi connectivity index (χ4v) is 2.94. The van der Waals surface area contributed by atoms with Gasteiger partial charge in [0.05, 0.1) is 5.60 Å². The van der Waals surface area contributed by atoms with Crippen molar-refractivity contribution in [2.75, 3.05) is 19.6 Å². The third-order valence-corrected chi connectivity index (χ3v) is 4.52. The molecule has 1 heterocycles. The smallest absolute Gasteiger partial charge is 0.0743 e. The maximum atomic E-state index is 9.97. The Labute approximate surface area is 87.3 Å². The Morgan fingerprint density at radius 2 is 1.86 bits per heavy atom. The van der Waals surface area contributed by atoms with E-state index < -0.39 is 5.60 Å². The molecular weight excluding hydrogens is 174 g/mol. The second-order valence-electron chi connectivity index (χ2n) is 6.08. The molecular formula is C12H23NO. The number of nitrogens with zero attached hydrogens (tertiary/aromatic N) is 1. The maximum absolute atomic E-state index is 9.97. The van der Waals surface area contributed by atoms with E-state index in [4.69, 9.17) is 0 Å². The van der Waals surface area contributed by atoms with Crippen molar-refractivity contribution in [3.8, 4) is 0 Å². The highest BCUT2D eigenvalue weighted by Crippen LogP contribution is 2.61. The molecule has 0 spiro atoms. The number of aliphatic hydroxyl groups is 1. The molecule has 0 aromatic heterocycles. The van der Waals surface area contributed by atoms with E-state index in [0.29, 0.717) is 5.41 Å². The van der Waals surface area contributed by atoms with E-state index in [-0.39, 0.29) is 0 Å². The molecule has 1 N–H and O–H groups in total. The molecule has 14 heavy (non-hydrogen) atoms. The molecule has 1 aliphatic heterocycles. The minimum absolute atomic E-state index is 0.485. The summed E-state index contributed by atoms with van der Waals surface area (Å²) in [6.45, 7) is 12.0. The summed E-state index contributed by atoms with van der Waals surface area (Å²) in [5.41, 5.74) is 0.107. The Hall–Kier alpha value is -0.0800. The number of rotatable bonds is 3. The molecule has 82 valence electrons. The topological polar surface area (TPSA) is 23.5 Å². The Balaban J connectivity index is 1.83. The summed E-state index contributed by atoms with van der Waals surface area (Å²) in [7, 11) is 0. The van der Waals surface area contributed by atoms with Crippen LogP contribution in [-0.4, -0.2) is 35.2 Å². The third-order valence-electron chi connectivity index (χ3n) is 4.52. The number of likely N-dealkylation sites (tertiary alicyclic amines) is 1. The molecule has 2 fully saturated rings. The molecule has 3 atom stereocenters. The minimum Gasteiger partial charge on any atom is -0.389 e. The van der Waals surface area contributed by atoms with Crippen molar-refractivity contribution in [3.63, 3.8) is 0 Å². The summed E-state index contributed by atoms with van der Waals surface area (Å²) in [5, 5.41) is 9.97. The Morgan fingerprint density at radius 3 is 2.29 bits per heavy atom. The molecule has 3 unspecified atom stereocenters. The van der Waals surface area contributed by atoms with Gasteiger partial charge in [-0.1, -0.05) is 20.8 Å². The van der Waals surface area contributed by atoms with Crippen LogP contribution in [-0.2, 0) is 0 Å². The summed E-state index contributed by atoms with van der Waals surface area (Å²) in [5.74, 6) is 1.80. The molecule has 1 aliphatic carbocycles. The normalized spacial score (nSPS) is 39.2. The molecule has 2 nitrogen and oxygen atoms in total. The van der Waals surface area contributed by atoms with Gasteiger partial charge in [-0.2, -0.15) is 0 Å². The SMILES string of the molecule is CCC(C)(O)CN1CC2C(C1)C2(C)C. The molecule has 2 aliphatic rings. The zero-order valence-corrected chi connectivity index (χ0v) is 9.88. The molecule has 0 amide bonds. The second kappa shape index (κ2) is 2.96. The average molecular weight is 197 g/mol. The lowest BCUT2D eigenvalue weighted by Crippen LogP contribution is -2.41. The molecule has 0 radical (unpaired) electrons. The van der Waals surface area contributed by atoms with Crippen LogP contribution in [0.5, 0.6) is 0 Å². The van der Waals surface area contributed by atoms with Gasteiger partial charge in [0.1, 0.15) is 0 Å². The summed E-state index contributed by atoms with van der Waals surface area (Å²) >= 11 is 0. The van der Waals surface area contributed by atoms with Gasteiger partial charge in [0.25, 0.3) is 0 Å². The van der Waals surface area contributed by atoms with Gasteiger partial charge in [0.15, 0.2) is 0 Å². The standard InChI is InChI=1S/C12H23NO/c1-5-12(4,14)8-13-6-9-10(7-13)11(9,2)3/h9-10,14H,5-8H2,1-4H3. The van der Waals surface area contributed by atoms with E-state index in [2.05, 4.69) is 25.7 Å². The van der Waals surface area contributed by atoms with Crippen molar-refractivity contribution < 1.29 is 5.11 Å². The number of hydrogen-bond donors (Lipinski definition) is 1. The van der Waals surface area contributed by atoms with Crippen LogP contribution in [0.4, 0.5) is 0 Å². The van der Waals surface area contributed by atoms with Gasteiger partial charge in [-0.05, 0) is 30.6 Å². The van der Waals surface area contributed by atoms with E-state index in [1.807, 2.05) is 6.92 Å². The van der Waals surface area contributed by atoms with Gasteiger partial charge in [-0.15, -0.1) is 0 Å². The average Bonchev–Trinajstić information content (AvgIpc) is 2.52. The lowest BCUT2D eigenvalue weighted by atomic mass is 10.0. The highest BCUT2D eigenvalue weighted by Gasteiger charge is 2.61. The van der Waals surface area contributed by atoms with Gasteiger partial charge in [-0.3, -0.25) is 4.90 Å². The number of piperidine rings is 1. The van der Waals surface area contributed by atoms with Gasteiger partial charge < -0.3 is 5.11 Å². The quantitative estimate of drug-likeness (QED) is 0.745. The van der Waals surface area contributed by atoms with Crippen LogP contribution in [0, 0.1) is 17.3 Å². The van der Waals surface area contributed by atoms with Crippen LogP contribution in [0.1, 0.15) is 34.1 Å². The largest absolute Gasteiger partial charge is 0.389 e. The van der Waals surface area contributed by atoms with Crippen LogP contribution in [0.15, 0.2) is 0 Å². The van der Waals surface area contributed by atoms with Crippen LogP contribution in [0.3, 0.4) is 0 Å². The lowest BCUT2D eigenvalue weighted by Gasteiger charge is -2.30. The lowest BCUT2D eigenvalue weighted by molar-refractivity contribution is 0.0171. The van der Waals surface area contributed by atoms with Crippen molar-refractivity contribution in [1.29, 1.82) is 0 Å². The van der Waals surface area contributed by atoms with E-state index in [1.165, 1.54) is 13.1 Å². The molecule has 0 aromatic rings.